The number of aromatic nitrogens is 4. The van der Waals surface area contributed by atoms with Gasteiger partial charge in [-0.05, 0) is 44.5 Å². The van der Waals surface area contributed by atoms with Crippen LogP contribution in [0, 0.1) is 20.8 Å². The highest BCUT2D eigenvalue weighted by Crippen LogP contribution is 2.22. The van der Waals surface area contributed by atoms with E-state index < -0.39 is 0 Å². The summed E-state index contributed by atoms with van der Waals surface area (Å²) in [6.07, 6.45) is 1.48. The molecule has 0 saturated heterocycles. The van der Waals surface area contributed by atoms with Gasteiger partial charge < -0.3 is 16.0 Å². The average Bonchev–Trinajstić information content (AvgIpc) is 3.01. The number of urea groups is 1. The number of nitrogens with zero attached hydrogens (tertiary/aromatic N) is 4. The second-order valence-corrected chi connectivity index (χ2v) is 6.73. The average molecular weight is 400 g/mol. The Balaban J connectivity index is 1.50. The predicted molar refractivity (Wildman–Crippen MR) is 110 cm³/mol. The molecule has 0 radical (unpaired) electrons. The third-order valence-electron chi connectivity index (χ3n) is 4.11. The zero-order valence-electron chi connectivity index (χ0n) is 16.0. The van der Waals surface area contributed by atoms with Gasteiger partial charge in [-0.2, -0.15) is 5.10 Å². The number of benzene rings is 1. The van der Waals surface area contributed by atoms with Crippen molar-refractivity contribution in [2.45, 2.75) is 20.8 Å². The molecule has 8 nitrogen and oxygen atoms in total. The molecule has 0 aliphatic heterocycles. The molecule has 0 aliphatic carbocycles. The molecule has 0 atom stereocenters. The summed E-state index contributed by atoms with van der Waals surface area (Å²) in [5.74, 6) is 1.34. The number of nitrogens with one attached hydrogen (secondary N) is 3. The fraction of sp³-hybridized carbons (Fsp3) is 0.263. The maximum absolute atomic E-state index is 12.0. The van der Waals surface area contributed by atoms with E-state index in [4.69, 9.17) is 11.6 Å². The largest absolute Gasteiger partial charge is 0.368 e. The Morgan fingerprint density at radius 1 is 1.14 bits per heavy atom. The van der Waals surface area contributed by atoms with E-state index in [0.717, 1.165) is 17.0 Å². The molecule has 2 aromatic heterocycles. The molecular weight excluding hydrogens is 378 g/mol. The first-order valence-corrected chi connectivity index (χ1v) is 9.21. The van der Waals surface area contributed by atoms with Crippen molar-refractivity contribution in [3.8, 4) is 5.82 Å². The molecular formula is C19H22ClN7O. The van der Waals surface area contributed by atoms with Crippen molar-refractivity contribution in [3.05, 3.63) is 58.6 Å². The van der Waals surface area contributed by atoms with Crippen LogP contribution in [0.1, 0.15) is 17.0 Å². The van der Waals surface area contributed by atoms with Crippen LogP contribution in [0.4, 0.5) is 16.3 Å². The van der Waals surface area contributed by atoms with Crippen molar-refractivity contribution in [2.75, 3.05) is 23.7 Å². The molecule has 0 saturated carbocycles. The molecule has 0 aliphatic rings. The van der Waals surface area contributed by atoms with Crippen LogP contribution < -0.4 is 16.0 Å². The third kappa shape index (κ3) is 4.77. The van der Waals surface area contributed by atoms with Crippen LogP contribution in [-0.2, 0) is 0 Å². The minimum absolute atomic E-state index is 0.293. The van der Waals surface area contributed by atoms with Gasteiger partial charge in [0, 0.05) is 35.6 Å². The molecule has 146 valence electrons. The second-order valence-electron chi connectivity index (χ2n) is 6.32. The summed E-state index contributed by atoms with van der Waals surface area (Å²) < 4.78 is 1.77. The second kappa shape index (κ2) is 8.71. The summed E-state index contributed by atoms with van der Waals surface area (Å²) in [6.45, 7) is 6.69. The first kappa shape index (κ1) is 19.6. The number of halogens is 1. The minimum atomic E-state index is -0.293. The summed E-state index contributed by atoms with van der Waals surface area (Å²) >= 11 is 6.06. The van der Waals surface area contributed by atoms with Crippen molar-refractivity contribution in [3.63, 3.8) is 0 Å². The zero-order chi connectivity index (χ0) is 20.1. The van der Waals surface area contributed by atoms with Gasteiger partial charge in [0.2, 0.25) is 0 Å². The van der Waals surface area contributed by atoms with Gasteiger partial charge in [-0.1, -0.05) is 17.7 Å². The van der Waals surface area contributed by atoms with Crippen LogP contribution in [-0.4, -0.2) is 38.9 Å². The zero-order valence-corrected chi connectivity index (χ0v) is 16.7. The van der Waals surface area contributed by atoms with Gasteiger partial charge in [0.25, 0.3) is 0 Å². The maximum atomic E-state index is 12.0. The Bertz CT molecular complexity index is 986. The van der Waals surface area contributed by atoms with Crippen molar-refractivity contribution < 1.29 is 4.79 Å². The molecule has 0 unspecified atom stereocenters. The molecule has 3 rings (SSSR count). The Labute approximate surface area is 168 Å². The van der Waals surface area contributed by atoms with Crippen LogP contribution in [0.15, 0.2) is 36.7 Å². The van der Waals surface area contributed by atoms with Crippen LogP contribution in [0.5, 0.6) is 0 Å². The molecule has 0 spiro atoms. The highest BCUT2D eigenvalue weighted by molar-refractivity contribution is 6.31. The smallest absolute Gasteiger partial charge is 0.319 e. The Kier molecular flexibility index (Phi) is 6.10. The minimum Gasteiger partial charge on any atom is -0.368 e. The van der Waals surface area contributed by atoms with E-state index in [-0.39, 0.29) is 6.03 Å². The first-order valence-electron chi connectivity index (χ1n) is 8.83. The number of hydrogen-bond acceptors (Lipinski definition) is 5. The van der Waals surface area contributed by atoms with Crippen LogP contribution in [0.3, 0.4) is 0 Å². The Morgan fingerprint density at radius 2 is 1.96 bits per heavy atom. The molecule has 2 amide bonds. The van der Waals surface area contributed by atoms with Crippen molar-refractivity contribution in [2.24, 2.45) is 0 Å². The summed E-state index contributed by atoms with van der Waals surface area (Å²) in [5.41, 5.74) is 3.44. The fourth-order valence-electron chi connectivity index (χ4n) is 2.70. The Morgan fingerprint density at radius 3 is 2.71 bits per heavy atom. The number of aryl methyl sites for hydroxylation is 2. The van der Waals surface area contributed by atoms with E-state index >= 15 is 0 Å². The lowest BCUT2D eigenvalue weighted by Gasteiger charge is -2.11. The Hall–Kier alpha value is -3.13. The van der Waals surface area contributed by atoms with Gasteiger partial charge in [-0.3, -0.25) is 0 Å². The monoisotopic (exact) mass is 399 g/mol. The predicted octanol–water partition coefficient (Wildman–Crippen LogP) is 3.47. The summed E-state index contributed by atoms with van der Waals surface area (Å²) in [6, 6.07) is 8.89. The highest BCUT2D eigenvalue weighted by atomic mass is 35.5. The lowest BCUT2D eigenvalue weighted by molar-refractivity contribution is 0.252. The van der Waals surface area contributed by atoms with Gasteiger partial charge in [0.15, 0.2) is 5.82 Å². The molecule has 28 heavy (non-hydrogen) atoms. The van der Waals surface area contributed by atoms with E-state index in [9.17, 15) is 4.79 Å². The van der Waals surface area contributed by atoms with E-state index in [1.807, 2.05) is 32.9 Å². The lowest BCUT2D eigenvalue weighted by Crippen LogP contribution is -2.33. The van der Waals surface area contributed by atoms with Crippen LogP contribution in [0.25, 0.3) is 5.82 Å². The van der Waals surface area contributed by atoms with Crippen molar-refractivity contribution in [1.82, 2.24) is 25.1 Å². The standard InChI is InChI=1S/C19H22ClN7O/c1-12-9-13(2)27(26-12)18-10-17(23-11-24-18)21-7-8-22-19(28)25-16-6-4-5-15(20)14(16)3/h4-6,9-11H,7-8H2,1-3H3,(H,21,23,24)(H2,22,25,28). The fourth-order valence-corrected chi connectivity index (χ4v) is 2.87. The molecule has 9 heteroatoms. The van der Waals surface area contributed by atoms with Gasteiger partial charge in [-0.25, -0.2) is 19.4 Å². The van der Waals surface area contributed by atoms with Crippen LogP contribution in [0.2, 0.25) is 5.02 Å². The molecule has 0 fully saturated rings. The van der Waals surface area contributed by atoms with Crippen LogP contribution >= 0.6 is 11.6 Å². The number of carbonyl (C=O) groups is 1. The highest BCUT2D eigenvalue weighted by Gasteiger charge is 2.08. The molecule has 2 heterocycles. The number of hydrogen-bond donors (Lipinski definition) is 3. The van der Waals surface area contributed by atoms with Crippen molar-refractivity contribution >= 4 is 29.1 Å². The van der Waals surface area contributed by atoms with E-state index in [0.29, 0.717) is 35.4 Å². The quantitative estimate of drug-likeness (QED) is 0.551. The molecule has 1 aromatic carbocycles. The third-order valence-corrected chi connectivity index (χ3v) is 4.52. The number of rotatable bonds is 6. The number of carbonyl (C=O) groups excluding carboxylic acids is 1. The number of anilines is 2. The normalized spacial score (nSPS) is 10.6. The van der Waals surface area contributed by atoms with E-state index in [1.165, 1.54) is 6.33 Å². The van der Waals surface area contributed by atoms with E-state index in [1.54, 1.807) is 22.9 Å². The first-order chi connectivity index (χ1) is 13.4. The van der Waals surface area contributed by atoms with Crippen molar-refractivity contribution in [1.29, 1.82) is 0 Å². The van der Waals surface area contributed by atoms with E-state index in [2.05, 4.69) is 31.0 Å². The lowest BCUT2D eigenvalue weighted by atomic mass is 10.2. The molecule has 3 N–H and O–H groups in total. The van der Waals surface area contributed by atoms with Gasteiger partial charge >= 0.3 is 6.03 Å². The van der Waals surface area contributed by atoms with Gasteiger partial charge in [0.05, 0.1) is 5.69 Å². The summed E-state index contributed by atoms with van der Waals surface area (Å²) in [5, 5.41) is 13.8. The maximum Gasteiger partial charge on any atom is 0.319 e. The number of amides is 2. The SMILES string of the molecule is Cc1cc(C)n(-c2cc(NCCNC(=O)Nc3cccc(Cl)c3C)ncn2)n1. The summed E-state index contributed by atoms with van der Waals surface area (Å²) in [7, 11) is 0. The molecule has 0 bridgehead atoms. The van der Waals surface area contributed by atoms with Gasteiger partial charge in [0.1, 0.15) is 12.1 Å². The van der Waals surface area contributed by atoms with Gasteiger partial charge in [-0.15, -0.1) is 0 Å². The molecule has 3 aromatic rings. The topological polar surface area (TPSA) is 96.8 Å². The summed E-state index contributed by atoms with van der Waals surface area (Å²) in [4.78, 5) is 20.5.